The number of rotatable bonds is 4. The highest BCUT2D eigenvalue weighted by atomic mass is 14.8. The lowest BCUT2D eigenvalue weighted by Gasteiger charge is -2.05. The van der Waals surface area contributed by atoms with Crippen LogP contribution in [0.15, 0.2) is 76.7 Å². The van der Waals surface area contributed by atoms with E-state index >= 15 is 0 Å². The zero-order valence-corrected chi connectivity index (χ0v) is 19.7. The molecule has 1 heterocycles. The summed E-state index contributed by atoms with van der Waals surface area (Å²) in [7, 11) is 0. The van der Waals surface area contributed by atoms with Gasteiger partial charge in [0.15, 0.2) is 0 Å². The van der Waals surface area contributed by atoms with Crippen molar-refractivity contribution in [3.05, 3.63) is 89.2 Å². The van der Waals surface area contributed by atoms with Gasteiger partial charge in [-0.1, -0.05) is 69.2 Å². The lowest BCUT2D eigenvalue weighted by molar-refractivity contribution is 1.24. The van der Waals surface area contributed by atoms with Crippen molar-refractivity contribution < 1.29 is 0 Å². The van der Waals surface area contributed by atoms with Crippen LogP contribution in [0.5, 0.6) is 0 Å². The predicted octanol–water partition coefficient (Wildman–Crippen LogP) is 8.03. The third-order valence-electron chi connectivity index (χ3n) is 4.15. The summed E-state index contributed by atoms with van der Waals surface area (Å²) in [4.78, 5) is 14.1. The minimum Gasteiger partial charge on any atom is -0.252 e. The van der Waals surface area contributed by atoms with Crippen LogP contribution in [0.4, 0.5) is 11.4 Å². The van der Waals surface area contributed by atoms with Crippen LogP contribution in [0.25, 0.3) is 0 Å². The van der Waals surface area contributed by atoms with Crippen molar-refractivity contribution in [3.8, 4) is 0 Å². The quantitative estimate of drug-likeness (QED) is 0.408. The Balaban J connectivity index is 0.00000106. The van der Waals surface area contributed by atoms with Crippen LogP contribution in [0.1, 0.15) is 64.1 Å². The first kappa shape index (κ1) is 25.0. The average molecular weight is 402 g/mol. The number of hydrogen-bond acceptors (Lipinski definition) is 3. The van der Waals surface area contributed by atoms with Gasteiger partial charge in [-0.15, -0.1) is 0 Å². The molecule has 0 aliphatic heterocycles. The number of aliphatic imine (C=N–C) groups is 2. The first-order valence-electron chi connectivity index (χ1n) is 10.7. The van der Waals surface area contributed by atoms with Crippen LogP contribution in [-0.2, 0) is 0 Å². The van der Waals surface area contributed by atoms with Gasteiger partial charge < -0.3 is 0 Å². The van der Waals surface area contributed by atoms with Gasteiger partial charge >= 0.3 is 0 Å². The molecule has 0 fully saturated rings. The van der Waals surface area contributed by atoms with E-state index in [1.807, 2.05) is 84.0 Å². The molecule has 3 nitrogen and oxygen atoms in total. The van der Waals surface area contributed by atoms with Gasteiger partial charge in [0.05, 0.1) is 34.2 Å². The zero-order valence-electron chi connectivity index (χ0n) is 19.7. The Labute approximate surface area is 182 Å². The standard InChI is InChI=1S/C23H23N3.2C2H6/c1-16-8-12-20(13-9-16)24-18(3)22-6-5-7-23(26-22)19(4)25-21-14-10-17(2)11-15-21;2*1-2/h5-15H,1-4H3;2*1-2H3. The Bertz CT molecular complexity index is 873. The SMILES string of the molecule is CC.CC.CC(=Nc1ccc(C)cc1)c1cccc(C(C)=Nc2ccc(C)cc2)n1. The van der Waals surface area contributed by atoms with Gasteiger partial charge in [0.1, 0.15) is 0 Å². The van der Waals surface area contributed by atoms with Gasteiger partial charge in [-0.25, -0.2) is 4.98 Å². The maximum atomic E-state index is 4.74. The molecule has 0 aliphatic carbocycles. The topological polar surface area (TPSA) is 37.6 Å². The van der Waals surface area contributed by atoms with E-state index in [-0.39, 0.29) is 0 Å². The molecular formula is C27H35N3. The van der Waals surface area contributed by atoms with E-state index in [4.69, 9.17) is 4.98 Å². The lowest BCUT2D eigenvalue weighted by Crippen LogP contribution is -2.04. The minimum absolute atomic E-state index is 0.863. The molecule has 0 unspecified atom stereocenters. The Morgan fingerprint density at radius 1 is 0.567 bits per heavy atom. The third-order valence-corrected chi connectivity index (χ3v) is 4.15. The second-order valence-electron chi connectivity index (χ2n) is 6.47. The van der Waals surface area contributed by atoms with Gasteiger partial charge in [0.25, 0.3) is 0 Å². The Morgan fingerprint density at radius 2 is 0.900 bits per heavy atom. The number of benzene rings is 2. The van der Waals surface area contributed by atoms with Crippen molar-refractivity contribution in [2.24, 2.45) is 9.98 Å². The molecule has 1 aromatic heterocycles. The number of aromatic nitrogens is 1. The number of aryl methyl sites for hydroxylation is 2. The first-order valence-corrected chi connectivity index (χ1v) is 10.7. The van der Waals surface area contributed by atoms with Gasteiger partial charge in [-0.3, -0.25) is 9.98 Å². The normalized spacial score (nSPS) is 11.1. The summed E-state index contributed by atoms with van der Waals surface area (Å²) < 4.78 is 0. The molecule has 0 amide bonds. The molecule has 0 spiro atoms. The van der Waals surface area contributed by atoms with Crippen molar-refractivity contribution in [2.45, 2.75) is 55.4 Å². The predicted molar refractivity (Wildman–Crippen MR) is 133 cm³/mol. The molecule has 0 radical (unpaired) electrons. The first-order chi connectivity index (χ1) is 14.5. The molecule has 3 heteroatoms. The molecule has 0 aliphatic rings. The summed E-state index contributed by atoms with van der Waals surface area (Å²) >= 11 is 0. The number of nitrogens with zero attached hydrogens (tertiary/aromatic N) is 3. The van der Waals surface area contributed by atoms with Crippen molar-refractivity contribution in [3.63, 3.8) is 0 Å². The van der Waals surface area contributed by atoms with Crippen LogP contribution in [-0.4, -0.2) is 16.4 Å². The van der Waals surface area contributed by atoms with Gasteiger partial charge in [-0.05, 0) is 64.1 Å². The molecule has 0 saturated heterocycles. The third kappa shape index (κ3) is 7.75. The second-order valence-corrected chi connectivity index (χ2v) is 6.47. The molecule has 2 aromatic carbocycles. The Kier molecular flexibility index (Phi) is 11.0. The van der Waals surface area contributed by atoms with Crippen LogP contribution in [0, 0.1) is 13.8 Å². The highest BCUT2D eigenvalue weighted by molar-refractivity contribution is 6.02. The van der Waals surface area contributed by atoms with Crippen LogP contribution >= 0.6 is 0 Å². The van der Waals surface area contributed by atoms with E-state index in [1.54, 1.807) is 0 Å². The second kappa shape index (κ2) is 13.2. The smallest absolute Gasteiger partial charge is 0.0849 e. The minimum atomic E-state index is 0.863. The average Bonchev–Trinajstić information content (AvgIpc) is 2.79. The van der Waals surface area contributed by atoms with Gasteiger partial charge in [-0.2, -0.15) is 0 Å². The van der Waals surface area contributed by atoms with Crippen molar-refractivity contribution in [1.82, 2.24) is 4.98 Å². The fraction of sp³-hybridized carbons (Fsp3) is 0.296. The fourth-order valence-corrected chi connectivity index (χ4v) is 2.58. The van der Waals surface area contributed by atoms with E-state index < -0.39 is 0 Å². The monoisotopic (exact) mass is 401 g/mol. The van der Waals surface area contributed by atoms with Crippen molar-refractivity contribution in [1.29, 1.82) is 0 Å². The van der Waals surface area contributed by atoms with Crippen LogP contribution in [0.2, 0.25) is 0 Å². The fourth-order valence-electron chi connectivity index (χ4n) is 2.58. The molecular weight excluding hydrogens is 366 g/mol. The molecule has 0 bridgehead atoms. The van der Waals surface area contributed by atoms with E-state index in [9.17, 15) is 0 Å². The summed E-state index contributed by atoms with van der Waals surface area (Å²) in [5.41, 5.74) is 7.82. The molecule has 0 atom stereocenters. The maximum absolute atomic E-state index is 4.74. The molecule has 158 valence electrons. The Morgan fingerprint density at radius 3 is 1.23 bits per heavy atom. The number of pyridine rings is 1. The summed E-state index contributed by atoms with van der Waals surface area (Å²) in [5.74, 6) is 0. The van der Waals surface area contributed by atoms with Gasteiger partial charge in [0.2, 0.25) is 0 Å². The van der Waals surface area contributed by atoms with Crippen LogP contribution < -0.4 is 0 Å². The molecule has 0 N–H and O–H groups in total. The lowest BCUT2D eigenvalue weighted by atomic mass is 10.2. The molecule has 30 heavy (non-hydrogen) atoms. The van der Waals surface area contributed by atoms with Crippen molar-refractivity contribution >= 4 is 22.8 Å². The van der Waals surface area contributed by atoms with E-state index in [1.165, 1.54) is 11.1 Å². The summed E-state index contributed by atoms with van der Waals surface area (Å²) in [6.45, 7) is 16.1. The molecule has 0 saturated carbocycles. The molecule has 3 aromatic rings. The zero-order chi connectivity index (χ0) is 22.5. The summed E-state index contributed by atoms with van der Waals surface area (Å²) in [6, 6.07) is 22.3. The Hall–Kier alpha value is -3.07. The van der Waals surface area contributed by atoms with E-state index in [0.29, 0.717) is 0 Å². The highest BCUT2D eigenvalue weighted by Crippen LogP contribution is 2.16. The summed E-state index contributed by atoms with van der Waals surface area (Å²) in [5, 5.41) is 0. The highest BCUT2D eigenvalue weighted by Gasteiger charge is 2.05. The summed E-state index contributed by atoms with van der Waals surface area (Å²) in [6.07, 6.45) is 0. The van der Waals surface area contributed by atoms with Gasteiger partial charge in [0, 0.05) is 0 Å². The van der Waals surface area contributed by atoms with Crippen molar-refractivity contribution in [2.75, 3.05) is 0 Å². The van der Waals surface area contributed by atoms with Crippen LogP contribution in [0.3, 0.4) is 0 Å². The largest absolute Gasteiger partial charge is 0.252 e. The number of hydrogen-bond donors (Lipinski definition) is 0. The van der Waals surface area contributed by atoms with E-state index in [0.717, 1.165) is 34.2 Å². The maximum Gasteiger partial charge on any atom is 0.0849 e. The molecule has 3 rings (SSSR count). The van der Waals surface area contributed by atoms with E-state index in [2.05, 4.69) is 48.1 Å².